The molecule has 1 aromatic carbocycles. The van der Waals surface area contributed by atoms with Crippen molar-refractivity contribution in [1.29, 1.82) is 0 Å². The Hall–Kier alpha value is -1.75. The number of rotatable bonds is 8. The molecule has 1 heterocycles. The highest BCUT2D eigenvalue weighted by molar-refractivity contribution is 5.79. The molecule has 0 spiro atoms. The lowest BCUT2D eigenvalue weighted by Gasteiger charge is -2.31. The molecule has 140 valence electrons. The number of hydrogen-bond donors (Lipinski definition) is 2. The van der Waals surface area contributed by atoms with Crippen LogP contribution < -0.4 is 15.4 Å². The van der Waals surface area contributed by atoms with Gasteiger partial charge in [-0.05, 0) is 56.5 Å². The van der Waals surface area contributed by atoms with Gasteiger partial charge in [0, 0.05) is 19.1 Å². The van der Waals surface area contributed by atoms with Crippen molar-refractivity contribution in [2.24, 2.45) is 10.9 Å². The molecule has 1 saturated heterocycles. The molecular formula is C20H34N4O. The summed E-state index contributed by atoms with van der Waals surface area (Å²) >= 11 is 0. The zero-order valence-corrected chi connectivity index (χ0v) is 16.2. The molecule has 2 N–H and O–H groups in total. The van der Waals surface area contributed by atoms with Crippen molar-refractivity contribution in [3.05, 3.63) is 29.8 Å². The molecule has 5 nitrogen and oxygen atoms in total. The maximum atomic E-state index is 5.20. The van der Waals surface area contributed by atoms with Gasteiger partial charge in [0.15, 0.2) is 5.96 Å². The number of hydrogen-bond acceptors (Lipinski definition) is 3. The molecule has 0 aromatic heterocycles. The van der Waals surface area contributed by atoms with E-state index in [1.54, 1.807) is 7.11 Å². The van der Waals surface area contributed by atoms with Crippen LogP contribution in [0.4, 0.5) is 0 Å². The monoisotopic (exact) mass is 346 g/mol. The van der Waals surface area contributed by atoms with Crippen molar-refractivity contribution in [2.45, 2.75) is 46.2 Å². The quantitative estimate of drug-likeness (QED) is 0.561. The summed E-state index contributed by atoms with van der Waals surface area (Å²) in [7, 11) is 1.69. The van der Waals surface area contributed by atoms with Crippen LogP contribution in [0.1, 0.15) is 39.2 Å². The zero-order chi connectivity index (χ0) is 18.1. The van der Waals surface area contributed by atoms with Crippen molar-refractivity contribution in [1.82, 2.24) is 15.5 Å². The van der Waals surface area contributed by atoms with E-state index in [4.69, 9.17) is 9.73 Å². The Bertz CT molecular complexity index is 521. The van der Waals surface area contributed by atoms with Gasteiger partial charge in [0.1, 0.15) is 5.75 Å². The van der Waals surface area contributed by atoms with E-state index in [1.807, 2.05) is 12.1 Å². The molecule has 1 fully saturated rings. The second-order valence-corrected chi connectivity index (χ2v) is 6.98. The summed E-state index contributed by atoms with van der Waals surface area (Å²) in [6, 6.07) is 8.65. The molecule has 0 radical (unpaired) electrons. The number of benzene rings is 1. The van der Waals surface area contributed by atoms with Gasteiger partial charge in [-0.1, -0.05) is 26.0 Å². The van der Waals surface area contributed by atoms with E-state index in [0.29, 0.717) is 18.5 Å². The minimum Gasteiger partial charge on any atom is -0.497 e. The Balaban J connectivity index is 1.93. The van der Waals surface area contributed by atoms with Crippen LogP contribution in [0.5, 0.6) is 5.75 Å². The van der Waals surface area contributed by atoms with E-state index < -0.39 is 0 Å². The second-order valence-electron chi connectivity index (χ2n) is 6.98. The summed E-state index contributed by atoms with van der Waals surface area (Å²) in [5.41, 5.74) is 1.18. The third-order valence-corrected chi connectivity index (χ3v) is 4.78. The summed E-state index contributed by atoms with van der Waals surface area (Å²) in [5, 5.41) is 6.90. The topological polar surface area (TPSA) is 48.9 Å². The smallest absolute Gasteiger partial charge is 0.191 e. The molecule has 1 aliphatic heterocycles. The first-order chi connectivity index (χ1) is 12.1. The van der Waals surface area contributed by atoms with E-state index in [0.717, 1.165) is 24.8 Å². The van der Waals surface area contributed by atoms with Crippen LogP contribution in [0, 0.1) is 5.92 Å². The number of nitrogens with zero attached hydrogens (tertiary/aromatic N) is 2. The van der Waals surface area contributed by atoms with Crippen LogP contribution in [0.3, 0.4) is 0 Å². The van der Waals surface area contributed by atoms with E-state index in [2.05, 4.69) is 48.4 Å². The van der Waals surface area contributed by atoms with Crippen LogP contribution in [-0.4, -0.2) is 50.2 Å². The van der Waals surface area contributed by atoms with E-state index in [9.17, 15) is 0 Å². The number of nitrogens with one attached hydrogen (secondary N) is 2. The van der Waals surface area contributed by atoms with E-state index in [-0.39, 0.29) is 0 Å². The largest absolute Gasteiger partial charge is 0.497 e. The highest BCUT2D eigenvalue weighted by atomic mass is 16.5. The Kier molecular flexibility index (Phi) is 8.06. The number of ether oxygens (including phenoxy) is 1. The van der Waals surface area contributed by atoms with Crippen LogP contribution in [0.15, 0.2) is 29.3 Å². The first-order valence-corrected chi connectivity index (χ1v) is 9.53. The Labute approximate surface area is 152 Å². The van der Waals surface area contributed by atoms with Gasteiger partial charge in [-0.2, -0.15) is 0 Å². The van der Waals surface area contributed by atoms with Crippen LogP contribution in [-0.2, 0) is 6.54 Å². The number of guanidine groups is 1. The van der Waals surface area contributed by atoms with Gasteiger partial charge in [0.05, 0.1) is 13.7 Å². The normalized spacial score (nSPS) is 16.9. The first-order valence-electron chi connectivity index (χ1n) is 9.53. The van der Waals surface area contributed by atoms with Gasteiger partial charge >= 0.3 is 0 Å². The molecule has 0 bridgehead atoms. The predicted octanol–water partition coefficient (Wildman–Crippen LogP) is 2.87. The molecule has 1 unspecified atom stereocenters. The molecule has 1 aromatic rings. The van der Waals surface area contributed by atoms with Gasteiger partial charge in [-0.15, -0.1) is 0 Å². The highest BCUT2D eigenvalue weighted by Gasteiger charge is 2.24. The van der Waals surface area contributed by atoms with E-state index >= 15 is 0 Å². The highest BCUT2D eigenvalue weighted by Crippen LogP contribution is 2.17. The average Bonchev–Trinajstić information content (AvgIpc) is 3.14. The fraction of sp³-hybridized carbons (Fsp3) is 0.650. The number of aliphatic imine (C=N–C) groups is 1. The van der Waals surface area contributed by atoms with Gasteiger partial charge in [-0.3, -0.25) is 4.90 Å². The lowest BCUT2D eigenvalue weighted by molar-refractivity contribution is 0.192. The minimum atomic E-state index is 0.562. The lowest BCUT2D eigenvalue weighted by atomic mass is 10.0. The van der Waals surface area contributed by atoms with Crippen molar-refractivity contribution in [3.8, 4) is 5.75 Å². The molecule has 1 aliphatic rings. The summed E-state index contributed by atoms with van der Waals surface area (Å²) in [6.07, 6.45) is 2.66. The molecule has 0 amide bonds. The maximum absolute atomic E-state index is 5.20. The molecule has 0 saturated carbocycles. The third kappa shape index (κ3) is 6.24. The van der Waals surface area contributed by atoms with Crippen LogP contribution >= 0.6 is 0 Å². The molecule has 25 heavy (non-hydrogen) atoms. The first kappa shape index (κ1) is 19.6. The molecule has 1 atom stereocenters. The molecule has 5 heteroatoms. The van der Waals surface area contributed by atoms with Gasteiger partial charge < -0.3 is 15.4 Å². The standard InChI is InChI=1S/C20H34N4O/c1-5-21-20(22-14-17-8-10-18(25-4)11-9-17)23-15-19(16(2)3)24-12-6-7-13-24/h8-11,16,19H,5-7,12-15H2,1-4H3,(H2,21,22,23). The summed E-state index contributed by atoms with van der Waals surface area (Å²) in [5.74, 6) is 2.40. The Morgan fingerprint density at radius 3 is 2.40 bits per heavy atom. The minimum absolute atomic E-state index is 0.562. The van der Waals surface area contributed by atoms with Gasteiger partial charge in [0.25, 0.3) is 0 Å². The summed E-state index contributed by atoms with van der Waals surface area (Å²) in [4.78, 5) is 7.35. The second kappa shape index (κ2) is 10.3. The van der Waals surface area contributed by atoms with Crippen molar-refractivity contribution < 1.29 is 4.74 Å². The van der Waals surface area contributed by atoms with Crippen LogP contribution in [0.25, 0.3) is 0 Å². The third-order valence-electron chi connectivity index (χ3n) is 4.78. The average molecular weight is 347 g/mol. The molecule has 0 aliphatic carbocycles. The fourth-order valence-electron chi connectivity index (χ4n) is 3.30. The van der Waals surface area contributed by atoms with Crippen molar-refractivity contribution >= 4 is 5.96 Å². The van der Waals surface area contributed by atoms with Crippen molar-refractivity contribution in [3.63, 3.8) is 0 Å². The van der Waals surface area contributed by atoms with Crippen molar-refractivity contribution in [2.75, 3.05) is 33.3 Å². The Morgan fingerprint density at radius 2 is 1.84 bits per heavy atom. The number of methoxy groups -OCH3 is 1. The van der Waals surface area contributed by atoms with E-state index in [1.165, 1.54) is 31.5 Å². The van der Waals surface area contributed by atoms with Crippen LogP contribution in [0.2, 0.25) is 0 Å². The fourth-order valence-corrected chi connectivity index (χ4v) is 3.30. The molecule has 2 rings (SSSR count). The van der Waals surface area contributed by atoms with Gasteiger partial charge in [-0.25, -0.2) is 4.99 Å². The lowest BCUT2D eigenvalue weighted by Crippen LogP contribution is -2.48. The Morgan fingerprint density at radius 1 is 1.16 bits per heavy atom. The number of likely N-dealkylation sites (tertiary alicyclic amines) is 1. The van der Waals surface area contributed by atoms with Gasteiger partial charge in [0.2, 0.25) is 0 Å². The summed E-state index contributed by atoms with van der Waals surface area (Å²) < 4.78 is 5.20. The SMILES string of the molecule is CCNC(=NCc1ccc(OC)cc1)NCC(C(C)C)N1CCCC1. The maximum Gasteiger partial charge on any atom is 0.191 e. The zero-order valence-electron chi connectivity index (χ0n) is 16.2. The summed E-state index contributed by atoms with van der Waals surface area (Å²) in [6.45, 7) is 11.6. The predicted molar refractivity (Wildman–Crippen MR) is 105 cm³/mol. The molecular weight excluding hydrogens is 312 g/mol.